The maximum Gasteiger partial charge on any atom is 0.0601 e. The monoisotopic (exact) mass is 772 g/mol. The van der Waals surface area contributed by atoms with Crippen molar-refractivity contribution in [3.05, 3.63) is 144 Å². The largest absolute Gasteiger partial charge is 0.308 e. The molecule has 8 rings (SSSR count). The zero-order chi connectivity index (χ0) is 39.9. The number of benzene rings is 6. The van der Waals surface area contributed by atoms with Crippen LogP contribution >= 0.6 is 23.5 Å². The molecule has 6 aromatic rings. The molecule has 2 heterocycles. The van der Waals surface area contributed by atoms with Crippen molar-refractivity contribution in [3.8, 4) is 11.1 Å². The van der Waals surface area contributed by atoms with E-state index in [1.807, 2.05) is 23.5 Å². The molecule has 0 bridgehead atoms. The second-order valence-electron chi connectivity index (χ2n) is 19.7. The van der Waals surface area contributed by atoms with Gasteiger partial charge in [-0.3, -0.25) is 0 Å². The lowest BCUT2D eigenvalue weighted by atomic mass is 9.86. The van der Waals surface area contributed by atoms with E-state index in [0.717, 1.165) is 0 Å². The number of fused-ring (bicyclic) bond motifs is 4. The Labute approximate surface area is 344 Å². The number of rotatable bonds is 3. The quantitative estimate of drug-likeness (QED) is 0.176. The number of anilines is 6. The molecule has 0 aliphatic carbocycles. The van der Waals surface area contributed by atoms with Gasteiger partial charge in [0.05, 0.1) is 22.7 Å². The smallest absolute Gasteiger partial charge is 0.0601 e. The van der Waals surface area contributed by atoms with Gasteiger partial charge >= 0.3 is 0 Å². The van der Waals surface area contributed by atoms with Crippen LogP contribution in [0.25, 0.3) is 11.1 Å². The first-order chi connectivity index (χ1) is 26.3. The molecule has 0 saturated heterocycles. The van der Waals surface area contributed by atoms with Crippen LogP contribution in [-0.4, -0.2) is 0 Å². The molecule has 2 aliphatic heterocycles. The summed E-state index contributed by atoms with van der Waals surface area (Å²) in [7, 11) is 0. The van der Waals surface area contributed by atoms with Crippen LogP contribution in [0.4, 0.5) is 34.1 Å². The summed E-state index contributed by atoms with van der Waals surface area (Å²) in [4.78, 5) is 10.1. The van der Waals surface area contributed by atoms with Crippen LogP contribution in [0.3, 0.4) is 0 Å². The molecule has 0 saturated carbocycles. The van der Waals surface area contributed by atoms with Crippen LogP contribution < -0.4 is 9.80 Å². The average Bonchev–Trinajstić information content (AvgIpc) is 3.13. The molecular weight excluding hydrogens is 717 g/mol. The Hall–Kier alpha value is -4.38. The predicted octanol–water partition coefficient (Wildman–Crippen LogP) is 16.4. The average molecular weight is 773 g/mol. The third-order valence-electron chi connectivity index (χ3n) is 11.3. The molecule has 0 fully saturated rings. The van der Waals surface area contributed by atoms with E-state index >= 15 is 0 Å². The Balaban J connectivity index is 1.15. The highest BCUT2D eigenvalue weighted by Gasteiger charge is 2.30. The van der Waals surface area contributed by atoms with Crippen molar-refractivity contribution in [2.75, 3.05) is 9.80 Å². The molecule has 0 amide bonds. The first-order valence-corrected chi connectivity index (χ1v) is 21.6. The van der Waals surface area contributed by atoms with Crippen LogP contribution in [0.1, 0.15) is 105 Å². The fourth-order valence-corrected chi connectivity index (χ4v) is 9.92. The van der Waals surface area contributed by atoms with Crippen molar-refractivity contribution in [3.63, 3.8) is 0 Å². The molecule has 0 aromatic heterocycles. The fraction of sp³-hybridized carbons (Fsp3) is 0.308. The Kier molecular flexibility index (Phi) is 9.37. The van der Waals surface area contributed by atoms with Gasteiger partial charge in [0.1, 0.15) is 0 Å². The lowest BCUT2D eigenvalue weighted by Gasteiger charge is -2.35. The molecule has 286 valence electrons. The molecule has 0 spiro atoms. The van der Waals surface area contributed by atoms with Crippen LogP contribution in [0.15, 0.2) is 141 Å². The standard InChI is InChI=1S/C52H56N2S2/c1-49(2,3)35-17-25-41-45(29-35)55-46-30-36(50(4,5)6)18-26-42(46)53(41)39-21-13-33(14-22-39)34-15-23-40(24-16-34)54-43-27-19-37(51(7,8)9)31-47(43)56-48-32-38(52(10,11)12)20-28-44(48)54/h13-32H,1-12H3. The number of hydrogen-bond donors (Lipinski definition) is 0. The maximum absolute atomic E-state index is 2.45. The zero-order valence-electron chi connectivity index (χ0n) is 35.3. The van der Waals surface area contributed by atoms with Gasteiger partial charge in [0.15, 0.2) is 0 Å². The Bertz CT molecular complexity index is 2150. The first-order valence-electron chi connectivity index (χ1n) is 20.0. The third kappa shape index (κ3) is 7.20. The van der Waals surface area contributed by atoms with Gasteiger partial charge in [-0.05, 0) is 128 Å². The normalized spacial score (nSPS) is 14.2. The Morgan fingerprint density at radius 2 is 0.536 bits per heavy atom. The van der Waals surface area contributed by atoms with Crippen molar-refractivity contribution in [1.82, 2.24) is 0 Å². The summed E-state index contributed by atoms with van der Waals surface area (Å²) in [6.45, 7) is 27.6. The lowest BCUT2D eigenvalue weighted by Crippen LogP contribution is -2.18. The molecule has 2 nitrogen and oxygen atoms in total. The third-order valence-corrected chi connectivity index (χ3v) is 13.5. The summed E-state index contributed by atoms with van der Waals surface area (Å²) in [5.74, 6) is 0. The van der Waals surface area contributed by atoms with Crippen LogP contribution in [-0.2, 0) is 21.7 Å². The summed E-state index contributed by atoms with van der Waals surface area (Å²) < 4.78 is 0. The van der Waals surface area contributed by atoms with Gasteiger partial charge in [0, 0.05) is 31.0 Å². The van der Waals surface area contributed by atoms with Gasteiger partial charge < -0.3 is 9.80 Å². The van der Waals surface area contributed by atoms with Crippen LogP contribution in [0.5, 0.6) is 0 Å². The molecule has 56 heavy (non-hydrogen) atoms. The summed E-state index contributed by atoms with van der Waals surface area (Å²) in [5, 5.41) is 0. The van der Waals surface area contributed by atoms with Crippen molar-refractivity contribution < 1.29 is 0 Å². The Morgan fingerprint density at radius 1 is 0.304 bits per heavy atom. The molecule has 0 atom stereocenters. The fourth-order valence-electron chi connectivity index (χ4n) is 7.65. The topological polar surface area (TPSA) is 6.48 Å². The SMILES string of the molecule is CC(C)(C)c1ccc2c(c1)Sc1cc(C(C)(C)C)ccc1N2c1ccc(-c2ccc(N3c4ccc(C(C)(C)C)cc4Sc4cc(C(C)(C)C)ccc43)cc2)cc1. The number of nitrogens with zero attached hydrogens (tertiary/aromatic N) is 2. The summed E-state index contributed by atoms with van der Waals surface area (Å²) in [5.41, 5.74) is 15.5. The van der Waals surface area contributed by atoms with E-state index in [4.69, 9.17) is 0 Å². The van der Waals surface area contributed by atoms with E-state index in [0.29, 0.717) is 0 Å². The first kappa shape index (κ1) is 38.5. The van der Waals surface area contributed by atoms with Crippen molar-refractivity contribution in [1.29, 1.82) is 0 Å². The minimum absolute atomic E-state index is 0.0798. The maximum atomic E-state index is 2.45. The highest BCUT2D eigenvalue weighted by atomic mass is 32.2. The lowest BCUT2D eigenvalue weighted by molar-refractivity contribution is 0.587. The molecular formula is C52H56N2S2. The van der Waals surface area contributed by atoms with E-state index in [9.17, 15) is 0 Å². The van der Waals surface area contributed by atoms with Gasteiger partial charge in [0.2, 0.25) is 0 Å². The van der Waals surface area contributed by atoms with Crippen LogP contribution in [0.2, 0.25) is 0 Å². The van der Waals surface area contributed by atoms with Crippen molar-refractivity contribution in [2.24, 2.45) is 0 Å². The van der Waals surface area contributed by atoms with Crippen LogP contribution in [0, 0.1) is 0 Å². The molecule has 4 heteroatoms. The molecule has 0 N–H and O–H groups in total. The van der Waals surface area contributed by atoms with E-state index in [1.165, 1.54) is 87.1 Å². The molecule has 0 unspecified atom stereocenters. The minimum atomic E-state index is 0.0798. The summed E-state index contributed by atoms with van der Waals surface area (Å²) in [6, 6.07) is 46.4. The molecule has 2 aliphatic rings. The van der Waals surface area contributed by atoms with Gasteiger partial charge in [-0.1, -0.05) is 155 Å². The minimum Gasteiger partial charge on any atom is -0.308 e. The summed E-state index contributed by atoms with van der Waals surface area (Å²) in [6.07, 6.45) is 0. The predicted molar refractivity (Wildman–Crippen MR) is 244 cm³/mol. The second kappa shape index (κ2) is 13.6. The zero-order valence-corrected chi connectivity index (χ0v) is 36.9. The highest BCUT2D eigenvalue weighted by Crippen LogP contribution is 2.55. The van der Waals surface area contributed by atoms with E-state index < -0.39 is 0 Å². The molecule has 6 aromatic carbocycles. The van der Waals surface area contributed by atoms with E-state index in [1.54, 1.807) is 0 Å². The van der Waals surface area contributed by atoms with E-state index in [-0.39, 0.29) is 21.7 Å². The van der Waals surface area contributed by atoms with Gasteiger partial charge in [-0.15, -0.1) is 0 Å². The van der Waals surface area contributed by atoms with Crippen molar-refractivity contribution >= 4 is 57.6 Å². The Morgan fingerprint density at radius 3 is 0.750 bits per heavy atom. The second-order valence-corrected chi connectivity index (χ2v) is 21.9. The van der Waals surface area contributed by atoms with E-state index in [2.05, 4.69) is 214 Å². The van der Waals surface area contributed by atoms with Crippen molar-refractivity contribution in [2.45, 2.75) is 124 Å². The highest BCUT2D eigenvalue weighted by molar-refractivity contribution is 8.00. The van der Waals surface area contributed by atoms with Gasteiger partial charge in [-0.25, -0.2) is 0 Å². The summed E-state index contributed by atoms with van der Waals surface area (Å²) >= 11 is 3.80. The number of hydrogen-bond acceptors (Lipinski definition) is 4. The van der Waals surface area contributed by atoms with Gasteiger partial charge in [0.25, 0.3) is 0 Å². The molecule has 0 radical (unpaired) electrons. The van der Waals surface area contributed by atoms with Gasteiger partial charge in [-0.2, -0.15) is 0 Å².